The Hall–Kier alpha value is -3.63. The molecule has 1 amide bonds. The molecule has 2 aromatic heterocycles. The molecule has 0 spiro atoms. The standard InChI is InChI=1S/C25H25N5O/c1-16(2)13-26-23-24-27-14-22(30(24)15-21(29-23)17-5-3-4-6-17)18-7-9-19(10-8-18)25(31)28-20-11-12-20/h3-5,7-10,14-16,20H,11-13H2,1-2H3,(H,26,29)(H,28,31). The highest BCUT2D eigenvalue weighted by atomic mass is 16.1. The largest absolute Gasteiger partial charge is 0.367 e. The van der Waals surface area contributed by atoms with Gasteiger partial charge in [0.1, 0.15) is 0 Å². The lowest BCUT2D eigenvalue weighted by molar-refractivity contribution is 0.0951. The number of hydrogen-bond donors (Lipinski definition) is 2. The molecule has 6 nitrogen and oxygen atoms in total. The maximum absolute atomic E-state index is 12.3. The van der Waals surface area contributed by atoms with E-state index in [4.69, 9.17) is 4.98 Å². The normalized spacial score (nSPS) is 15.0. The Bertz CT molecular complexity index is 1240. The fraction of sp³-hybridized carbons (Fsp3) is 0.280. The maximum atomic E-state index is 12.3. The molecule has 0 atom stereocenters. The Morgan fingerprint density at radius 2 is 2.06 bits per heavy atom. The summed E-state index contributed by atoms with van der Waals surface area (Å²) in [6.07, 6.45) is 11.9. The lowest BCUT2D eigenvalue weighted by Crippen LogP contribution is -2.25. The van der Waals surface area contributed by atoms with E-state index in [1.54, 1.807) is 0 Å². The van der Waals surface area contributed by atoms with E-state index < -0.39 is 0 Å². The van der Waals surface area contributed by atoms with Gasteiger partial charge in [-0.15, -0.1) is 5.73 Å². The van der Waals surface area contributed by atoms with Crippen molar-refractivity contribution >= 4 is 22.9 Å². The predicted molar refractivity (Wildman–Crippen MR) is 123 cm³/mol. The topological polar surface area (TPSA) is 71.3 Å². The van der Waals surface area contributed by atoms with Crippen LogP contribution in [0.2, 0.25) is 0 Å². The third kappa shape index (κ3) is 4.03. The van der Waals surface area contributed by atoms with Gasteiger partial charge < -0.3 is 10.6 Å². The van der Waals surface area contributed by atoms with Crippen molar-refractivity contribution in [1.29, 1.82) is 0 Å². The molecule has 1 saturated carbocycles. The molecule has 31 heavy (non-hydrogen) atoms. The van der Waals surface area contributed by atoms with Crippen LogP contribution in [0.4, 0.5) is 5.82 Å². The second-order valence-electron chi connectivity index (χ2n) is 8.50. The number of nitrogens with zero attached hydrogens (tertiary/aromatic N) is 3. The molecule has 5 rings (SSSR count). The molecule has 6 heteroatoms. The smallest absolute Gasteiger partial charge is 0.251 e. The zero-order valence-corrected chi connectivity index (χ0v) is 17.7. The van der Waals surface area contributed by atoms with E-state index in [9.17, 15) is 4.79 Å². The predicted octanol–water partition coefficient (Wildman–Crippen LogP) is 4.46. The number of carbonyl (C=O) groups is 1. The SMILES string of the molecule is CC(C)CNc1nc(C2=C=CC=C2)cn2c(-c3ccc(C(=O)NC4CC4)cc3)cnc12. The summed E-state index contributed by atoms with van der Waals surface area (Å²) in [4.78, 5) is 21.8. The molecule has 0 bridgehead atoms. The lowest BCUT2D eigenvalue weighted by atomic mass is 10.1. The van der Waals surface area contributed by atoms with Crippen LogP contribution in [-0.2, 0) is 0 Å². The van der Waals surface area contributed by atoms with Gasteiger partial charge in [0.2, 0.25) is 0 Å². The number of benzene rings is 1. The van der Waals surface area contributed by atoms with Crippen LogP contribution >= 0.6 is 0 Å². The van der Waals surface area contributed by atoms with Crippen LogP contribution in [0.3, 0.4) is 0 Å². The molecule has 0 aliphatic heterocycles. The van der Waals surface area contributed by atoms with Gasteiger partial charge in [0, 0.05) is 35.5 Å². The van der Waals surface area contributed by atoms with Crippen LogP contribution in [0.5, 0.6) is 0 Å². The number of carbonyl (C=O) groups excluding carboxylic acids is 1. The quantitative estimate of drug-likeness (QED) is 0.563. The minimum Gasteiger partial charge on any atom is -0.367 e. The van der Waals surface area contributed by atoms with Crippen molar-refractivity contribution in [2.75, 3.05) is 11.9 Å². The summed E-state index contributed by atoms with van der Waals surface area (Å²) in [5.41, 5.74) is 8.42. The van der Waals surface area contributed by atoms with E-state index in [2.05, 4.69) is 39.6 Å². The minimum absolute atomic E-state index is 0.00871. The molecule has 0 unspecified atom stereocenters. The molecule has 2 N–H and O–H groups in total. The van der Waals surface area contributed by atoms with Gasteiger partial charge in [-0.2, -0.15) is 0 Å². The first kappa shape index (κ1) is 19.3. The molecule has 0 saturated heterocycles. The third-order valence-electron chi connectivity index (χ3n) is 5.40. The number of hydrogen-bond acceptors (Lipinski definition) is 4. The molecular weight excluding hydrogens is 386 g/mol. The molecule has 1 fully saturated rings. The first-order chi connectivity index (χ1) is 15.1. The first-order valence-electron chi connectivity index (χ1n) is 10.8. The average Bonchev–Trinajstić information content (AvgIpc) is 3.25. The highest BCUT2D eigenvalue weighted by molar-refractivity contribution is 5.95. The summed E-state index contributed by atoms with van der Waals surface area (Å²) >= 11 is 0. The molecule has 3 aromatic rings. The van der Waals surface area contributed by atoms with Crippen molar-refractivity contribution in [2.24, 2.45) is 5.92 Å². The summed E-state index contributed by atoms with van der Waals surface area (Å²) in [5.74, 6) is 1.23. The Kier molecular flexibility index (Phi) is 4.92. The van der Waals surface area contributed by atoms with E-state index in [-0.39, 0.29) is 5.91 Å². The first-order valence-corrected chi connectivity index (χ1v) is 10.8. The van der Waals surface area contributed by atoms with Crippen LogP contribution in [0.1, 0.15) is 42.7 Å². The van der Waals surface area contributed by atoms with Crippen LogP contribution in [-0.4, -0.2) is 32.9 Å². The average molecular weight is 412 g/mol. The van der Waals surface area contributed by atoms with E-state index in [0.717, 1.165) is 53.4 Å². The van der Waals surface area contributed by atoms with Gasteiger partial charge in [0.05, 0.1) is 17.6 Å². The highest BCUT2D eigenvalue weighted by Gasteiger charge is 2.23. The zero-order chi connectivity index (χ0) is 21.4. The second-order valence-corrected chi connectivity index (χ2v) is 8.50. The Balaban J connectivity index is 1.53. The summed E-state index contributed by atoms with van der Waals surface area (Å²) in [6, 6.07) is 8.04. The van der Waals surface area contributed by atoms with E-state index in [1.807, 2.05) is 54.9 Å². The van der Waals surface area contributed by atoms with Crippen molar-refractivity contribution in [3.8, 4) is 11.3 Å². The van der Waals surface area contributed by atoms with Crippen molar-refractivity contribution in [2.45, 2.75) is 32.7 Å². The molecule has 2 heterocycles. The molecule has 2 aliphatic rings. The van der Waals surface area contributed by atoms with Crippen molar-refractivity contribution in [3.05, 3.63) is 71.9 Å². The number of nitrogens with one attached hydrogen (secondary N) is 2. The fourth-order valence-corrected chi connectivity index (χ4v) is 3.53. The van der Waals surface area contributed by atoms with Gasteiger partial charge in [-0.25, -0.2) is 9.97 Å². The van der Waals surface area contributed by atoms with Gasteiger partial charge in [0.15, 0.2) is 11.5 Å². The fourth-order valence-electron chi connectivity index (χ4n) is 3.53. The highest BCUT2D eigenvalue weighted by Crippen LogP contribution is 2.27. The molecule has 1 aromatic carbocycles. The second kappa shape index (κ2) is 7.89. The van der Waals surface area contributed by atoms with E-state index >= 15 is 0 Å². The van der Waals surface area contributed by atoms with Gasteiger partial charge in [-0.3, -0.25) is 9.20 Å². The Morgan fingerprint density at radius 1 is 1.26 bits per heavy atom. The minimum atomic E-state index is -0.00871. The van der Waals surface area contributed by atoms with Crippen LogP contribution in [0.15, 0.2) is 60.6 Å². The number of rotatable bonds is 7. The number of aromatic nitrogens is 3. The van der Waals surface area contributed by atoms with Crippen LogP contribution in [0, 0.1) is 5.92 Å². The zero-order valence-electron chi connectivity index (χ0n) is 17.7. The monoisotopic (exact) mass is 411 g/mol. The van der Waals surface area contributed by atoms with Gasteiger partial charge >= 0.3 is 0 Å². The lowest BCUT2D eigenvalue weighted by Gasteiger charge is -2.12. The Labute approximate surface area is 181 Å². The van der Waals surface area contributed by atoms with Crippen molar-refractivity contribution < 1.29 is 4.79 Å². The molecule has 156 valence electrons. The Morgan fingerprint density at radius 3 is 2.74 bits per heavy atom. The summed E-state index contributed by atoms with van der Waals surface area (Å²) < 4.78 is 2.06. The number of amides is 1. The number of anilines is 1. The van der Waals surface area contributed by atoms with Crippen molar-refractivity contribution in [3.63, 3.8) is 0 Å². The van der Waals surface area contributed by atoms with E-state index in [0.29, 0.717) is 17.5 Å². The van der Waals surface area contributed by atoms with Crippen molar-refractivity contribution in [1.82, 2.24) is 19.7 Å². The van der Waals surface area contributed by atoms with Gasteiger partial charge in [0.25, 0.3) is 5.91 Å². The van der Waals surface area contributed by atoms with Crippen LogP contribution < -0.4 is 10.6 Å². The summed E-state index contributed by atoms with van der Waals surface area (Å²) in [7, 11) is 0. The van der Waals surface area contributed by atoms with Gasteiger partial charge in [-0.05, 0) is 43.0 Å². The number of fused-ring (bicyclic) bond motifs is 1. The third-order valence-corrected chi connectivity index (χ3v) is 5.40. The summed E-state index contributed by atoms with van der Waals surface area (Å²) in [5, 5.41) is 6.47. The van der Waals surface area contributed by atoms with E-state index in [1.165, 1.54) is 0 Å². The van der Waals surface area contributed by atoms with Crippen LogP contribution in [0.25, 0.3) is 22.5 Å². The summed E-state index contributed by atoms with van der Waals surface area (Å²) in [6.45, 7) is 5.14. The molecule has 0 radical (unpaired) electrons. The number of allylic oxidation sites excluding steroid dienone is 3. The van der Waals surface area contributed by atoms with Gasteiger partial charge in [-0.1, -0.05) is 32.1 Å². The number of imidazole rings is 1. The molecule has 2 aliphatic carbocycles. The maximum Gasteiger partial charge on any atom is 0.251 e. The molecular formula is C25H25N5O.